The first-order valence-corrected chi connectivity index (χ1v) is 7.45. The van der Waals surface area contributed by atoms with Crippen molar-refractivity contribution in [2.24, 2.45) is 0 Å². The van der Waals surface area contributed by atoms with Gasteiger partial charge in [0.1, 0.15) is 10.0 Å². The molecule has 0 spiro atoms. The van der Waals surface area contributed by atoms with E-state index in [9.17, 15) is 18.5 Å². The number of halogens is 1. The lowest BCUT2D eigenvalue weighted by atomic mass is 10.5. The minimum absolute atomic E-state index is 0.120. The molecule has 19 heavy (non-hydrogen) atoms. The Bertz CT molecular complexity index is 714. The van der Waals surface area contributed by atoms with Crippen LogP contribution in [-0.2, 0) is 10.0 Å². The van der Waals surface area contributed by atoms with E-state index in [0.717, 1.165) is 6.07 Å². The van der Waals surface area contributed by atoms with Gasteiger partial charge >= 0.3 is 0 Å². The van der Waals surface area contributed by atoms with Gasteiger partial charge in [-0.2, -0.15) is 0 Å². The summed E-state index contributed by atoms with van der Waals surface area (Å²) in [7, 11) is -3.93. The molecule has 2 heterocycles. The summed E-state index contributed by atoms with van der Waals surface area (Å²) in [5, 5.41) is 10.6. The van der Waals surface area contributed by atoms with E-state index in [2.05, 4.69) is 9.71 Å². The maximum absolute atomic E-state index is 12.0. The highest BCUT2D eigenvalue weighted by Crippen LogP contribution is 2.36. The zero-order valence-electron chi connectivity index (χ0n) is 9.11. The minimum atomic E-state index is -3.93. The first-order chi connectivity index (χ1) is 8.90. The standard InChI is InChI=1S/C9H6ClN3O4S2/c10-9-6(13(14)15)5-8(18-9)19(16,17)12-7-3-1-2-4-11-7/h1-5H,(H,11,12). The van der Waals surface area contributed by atoms with Crippen LogP contribution in [0.3, 0.4) is 0 Å². The predicted molar refractivity (Wildman–Crippen MR) is 71.0 cm³/mol. The molecule has 0 radical (unpaired) electrons. The maximum Gasteiger partial charge on any atom is 0.300 e. The van der Waals surface area contributed by atoms with Gasteiger partial charge < -0.3 is 0 Å². The monoisotopic (exact) mass is 319 g/mol. The van der Waals surface area contributed by atoms with Crippen LogP contribution in [0.15, 0.2) is 34.7 Å². The Kier molecular flexibility index (Phi) is 3.69. The van der Waals surface area contributed by atoms with Crippen molar-refractivity contribution in [3.05, 3.63) is 44.9 Å². The Hall–Kier alpha value is -1.71. The summed E-state index contributed by atoms with van der Waals surface area (Å²) in [4.78, 5) is 13.7. The van der Waals surface area contributed by atoms with Gasteiger partial charge in [-0.1, -0.05) is 17.7 Å². The number of pyridine rings is 1. The van der Waals surface area contributed by atoms with E-state index < -0.39 is 20.6 Å². The van der Waals surface area contributed by atoms with E-state index in [1.165, 1.54) is 12.3 Å². The number of anilines is 1. The third-order valence-corrected chi connectivity index (χ3v) is 5.18. The Morgan fingerprint density at radius 1 is 1.42 bits per heavy atom. The molecule has 10 heteroatoms. The summed E-state index contributed by atoms with van der Waals surface area (Å²) in [5.74, 6) is 0.120. The van der Waals surface area contributed by atoms with Crippen molar-refractivity contribution in [2.45, 2.75) is 4.21 Å². The summed E-state index contributed by atoms with van der Waals surface area (Å²) >= 11 is 6.23. The third-order valence-electron chi connectivity index (χ3n) is 2.01. The molecule has 2 aromatic heterocycles. The first kappa shape index (κ1) is 13.7. The topological polar surface area (TPSA) is 102 Å². The molecule has 0 saturated carbocycles. The lowest BCUT2D eigenvalue weighted by Gasteiger charge is -2.03. The van der Waals surface area contributed by atoms with Crippen LogP contribution in [0.25, 0.3) is 0 Å². The average Bonchev–Trinajstić information content (AvgIpc) is 2.73. The van der Waals surface area contributed by atoms with Crippen molar-refractivity contribution in [1.29, 1.82) is 0 Å². The number of hydrogen-bond acceptors (Lipinski definition) is 6. The van der Waals surface area contributed by atoms with Crippen molar-refractivity contribution < 1.29 is 13.3 Å². The van der Waals surface area contributed by atoms with Gasteiger partial charge in [0, 0.05) is 12.3 Å². The molecule has 0 bridgehead atoms. The predicted octanol–water partition coefficient (Wildman–Crippen LogP) is 2.51. The zero-order chi connectivity index (χ0) is 14.0. The highest BCUT2D eigenvalue weighted by atomic mass is 35.5. The molecule has 0 aromatic carbocycles. The molecule has 0 aliphatic carbocycles. The normalized spacial score (nSPS) is 11.2. The van der Waals surface area contributed by atoms with Gasteiger partial charge in [0.15, 0.2) is 4.34 Å². The molecule has 0 fully saturated rings. The lowest BCUT2D eigenvalue weighted by Crippen LogP contribution is -2.12. The van der Waals surface area contributed by atoms with Crippen LogP contribution in [0.1, 0.15) is 0 Å². The van der Waals surface area contributed by atoms with Crippen LogP contribution in [-0.4, -0.2) is 18.3 Å². The van der Waals surface area contributed by atoms with Crippen molar-refractivity contribution >= 4 is 44.5 Å². The highest BCUT2D eigenvalue weighted by molar-refractivity contribution is 7.94. The molecule has 2 aromatic rings. The number of sulfonamides is 1. The summed E-state index contributed by atoms with van der Waals surface area (Å²) < 4.78 is 25.7. The van der Waals surface area contributed by atoms with E-state index >= 15 is 0 Å². The Morgan fingerprint density at radius 3 is 2.68 bits per heavy atom. The Balaban J connectivity index is 2.35. The molecule has 0 unspecified atom stereocenters. The number of thiophene rings is 1. The van der Waals surface area contributed by atoms with E-state index in [0.29, 0.717) is 11.3 Å². The molecule has 0 aliphatic rings. The van der Waals surface area contributed by atoms with Crippen molar-refractivity contribution in [3.63, 3.8) is 0 Å². The molecular weight excluding hydrogens is 314 g/mol. The minimum Gasteiger partial charge on any atom is -0.263 e. The second-order valence-electron chi connectivity index (χ2n) is 3.30. The Labute approximate surface area is 117 Å². The van der Waals surface area contributed by atoms with Crippen LogP contribution in [0.2, 0.25) is 4.34 Å². The second kappa shape index (κ2) is 5.11. The van der Waals surface area contributed by atoms with Crippen molar-refractivity contribution in [2.75, 3.05) is 4.72 Å². The van der Waals surface area contributed by atoms with Gasteiger partial charge in [-0.05, 0) is 12.1 Å². The van der Waals surface area contributed by atoms with Crippen molar-refractivity contribution in [1.82, 2.24) is 4.98 Å². The molecule has 0 atom stereocenters. The van der Waals surface area contributed by atoms with E-state index in [1.807, 2.05) is 0 Å². The van der Waals surface area contributed by atoms with E-state index in [4.69, 9.17) is 11.6 Å². The zero-order valence-corrected chi connectivity index (χ0v) is 11.5. The summed E-state index contributed by atoms with van der Waals surface area (Å²) in [6.45, 7) is 0. The summed E-state index contributed by atoms with van der Waals surface area (Å²) in [6.07, 6.45) is 1.42. The second-order valence-corrected chi connectivity index (χ2v) is 6.87. The summed E-state index contributed by atoms with van der Waals surface area (Å²) in [5.41, 5.74) is -0.437. The molecule has 0 aliphatic heterocycles. The average molecular weight is 320 g/mol. The van der Waals surface area contributed by atoms with E-state index in [1.54, 1.807) is 12.1 Å². The number of hydrogen-bond donors (Lipinski definition) is 1. The molecule has 1 N–H and O–H groups in total. The van der Waals surface area contributed by atoms with Crippen LogP contribution >= 0.6 is 22.9 Å². The highest BCUT2D eigenvalue weighted by Gasteiger charge is 2.25. The largest absolute Gasteiger partial charge is 0.300 e. The van der Waals surface area contributed by atoms with Crippen LogP contribution in [0.4, 0.5) is 11.5 Å². The SMILES string of the molecule is O=[N+]([O-])c1cc(S(=O)(=O)Nc2ccccn2)sc1Cl. The number of nitrogens with one attached hydrogen (secondary N) is 1. The summed E-state index contributed by atoms with van der Waals surface area (Å²) in [6, 6.07) is 5.61. The molecule has 7 nitrogen and oxygen atoms in total. The first-order valence-electron chi connectivity index (χ1n) is 4.78. The smallest absolute Gasteiger partial charge is 0.263 e. The maximum atomic E-state index is 12.0. The fourth-order valence-corrected chi connectivity index (χ4v) is 3.88. The number of aromatic nitrogens is 1. The van der Waals surface area contributed by atoms with Gasteiger partial charge in [0.2, 0.25) is 0 Å². The molecule has 2 rings (SSSR count). The van der Waals surface area contributed by atoms with Gasteiger partial charge in [-0.15, -0.1) is 11.3 Å². The van der Waals surface area contributed by atoms with Crippen LogP contribution < -0.4 is 4.72 Å². The molecule has 0 saturated heterocycles. The molecular formula is C9H6ClN3O4S2. The van der Waals surface area contributed by atoms with Gasteiger partial charge in [0.25, 0.3) is 15.7 Å². The number of nitrogens with zero attached hydrogens (tertiary/aromatic N) is 2. The Morgan fingerprint density at radius 2 is 2.16 bits per heavy atom. The third kappa shape index (κ3) is 3.00. The van der Waals surface area contributed by atoms with Gasteiger partial charge in [-0.25, -0.2) is 13.4 Å². The fraction of sp³-hybridized carbons (Fsp3) is 0. The number of rotatable bonds is 4. The molecule has 100 valence electrons. The number of nitro groups is 1. The fourth-order valence-electron chi connectivity index (χ4n) is 1.21. The van der Waals surface area contributed by atoms with Crippen LogP contribution in [0.5, 0.6) is 0 Å². The molecule has 0 amide bonds. The lowest BCUT2D eigenvalue weighted by molar-refractivity contribution is -0.384. The van der Waals surface area contributed by atoms with E-state index in [-0.39, 0.29) is 14.4 Å². The van der Waals surface area contributed by atoms with Crippen molar-refractivity contribution in [3.8, 4) is 0 Å². The van der Waals surface area contributed by atoms with Crippen LogP contribution in [0, 0.1) is 10.1 Å². The quantitative estimate of drug-likeness (QED) is 0.689. The van der Waals surface area contributed by atoms with Gasteiger partial charge in [-0.3, -0.25) is 14.8 Å². The van der Waals surface area contributed by atoms with Gasteiger partial charge in [0.05, 0.1) is 4.92 Å².